The molecule has 4 heteroatoms. The van der Waals surface area contributed by atoms with E-state index in [0.29, 0.717) is 5.92 Å². The number of hydrogen-bond acceptors (Lipinski definition) is 2. The SMILES string of the molecule is CNc1cc(CC(C)C)nc2c(Br)ccc(I)c12. The van der Waals surface area contributed by atoms with Gasteiger partial charge in [0, 0.05) is 31.9 Å². The highest BCUT2D eigenvalue weighted by Crippen LogP contribution is 2.33. The number of rotatable bonds is 3. The Morgan fingerprint density at radius 3 is 2.72 bits per heavy atom. The van der Waals surface area contributed by atoms with Crippen molar-refractivity contribution in [1.82, 2.24) is 4.98 Å². The molecule has 2 nitrogen and oxygen atoms in total. The molecule has 0 atom stereocenters. The van der Waals surface area contributed by atoms with Crippen LogP contribution in [0.25, 0.3) is 10.9 Å². The minimum absolute atomic E-state index is 0.612. The van der Waals surface area contributed by atoms with Gasteiger partial charge in [0.25, 0.3) is 0 Å². The first-order valence-electron chi connectivity index (χ1n) is 5.98. The summed E-state index contributed by atoms with van der Waals surface area (Å²) in [7, 11) is 1.96. The quantitative estimate of drug-likeness (QED) is 0.721. The third-order valence-electron chi connectivity index (χ3n) is 2.80. The monoisotopic (exact) mass is 418 g/mol. The summed E-state index contributed by atoms with van der Waals surface area (Å²) in [6, 6.07) is 6.34. The molecule has 0 aliphatic rings. The first kappa shape index (κ1) is 14.1. The number of pyridine rings is 1. The second-order valence-electron chi connectivity index (χ2n) is 4.76. The van der Waals surface area contributed by atoms with Gasteiger partial charge in [-0.2, -0.15) is 0 Å². The molecule has 0 fully saturated rings. The van der Waals surface area contributed by atoms with Crippen LogP contribution in [-0.2, 0) is 6.42 Å². The van der Waals surface area contributed by atoms with E-state index in [1.165, 1.54) is 8.96 Å². The first-order valence-corrected chi connectivity index (χ1v) is 7.85. The number of anilines is 1. The van der Waals surface area contributed by atoms with E-state index < -0.39 is 0 Å². The van der Waals surface area contributed by atoms with Gasteiger partial charge >= 0.3 is 0 Å². The average Bonchev–Trinajstić information content (AvgIpc) is 2.32. The highest BCUT2D eigenvalue weighted by atomic mass is 127. The van der Waals surface area contributed by atoms with Crippen molar-refractivity contribution in [2.75, 3.05) is 12.4 Å². The molecular formula is C14H16BrIN2. The molecule has 0 spiro atoms. The van der Waals surface area contributed by atoms with E-state index in [1.807, 2.05) is 7.05 Å². The van der Waals surface area contributed by atoms with Gasteiger partial charge in [-0.1, -0.05) is 13.8 Å². The molecule has 0 saturated carbocycles. The zero-order chi connectivity index (χ0) is 13.3. The van der Waals surface area contributed by atoms with Gasteiger partial charge in [-0.05, 0) is 69.1 Å². The Kier molecular flexibility index (Phi) is 4.48. The fourth-order valence-corrected chi connectivity index (χ4v) is 3.19. The summed E-state index contributed by atoms with van der Waals surface area (Å²) in [6.45, 7) is 4.43. The van der Waals surface area contributed by atoms with Crippen molar-refractivity contribution < 1.29 is 0 Å². The molecule has 0 unspecified atom stereocenters. The van der Waals surface area contributed by atoms with Crippen molar-refractivity contribution in [3.8, 4) is 0 Å². The van der Waals surface area contributed by atoms with E-state index in [9.17, 15) is 0 Å². The Hall–Kier alpha value is -0.360. The number of hydrogen-bond donors (Lipinski definition) is 1. The van der Waals surface area contributed by atoms with Crippen LogP contribution in [0.1, 0.15) is 19.5 Å². The predicted octanol–water partition coefficient (Wildman–Crippen LogP) is 4.84. The Labute approximate surface area is 130 Å². The Balaban J connectivity index is 2.71. The average molecular weight is 419 g/mol. The van der Waals surface area contributed by atoms with Crippen molar-refractivity contribution in [2.45, 2.75) is 20.3 Å². The summed E-state index contributed by atoms with van der Waals surface area (Å²) in [6.07, 6.45) is 1.00. The van der Waals surface area contributed by atoms with Crippen LogP contribution < -0.4 is 5.32 Å². The number of nitrogens with one attached hydrogen (secondary N) is 1. The largest absolute Gasteiger partial charge is 0.387 e. The molecule has 1 heterocycles. The summed E-state index contributed by atoms with van der Waals surface area (Å²) in [4.78, 5) is 4.79. The number of nitrogens with zero attached hydrogens (tertiary/aromatic N) is 1. The maximum Gasteiger partial charge on any atom is 0.0878 e. The predicted molar refractivity (Wildman–Crippen MR) is 90.2 cm³/mol. The molecule has 0 amide bonds. The molecule has 0 aliphatic heterocycles. The highest BCUT2D eigenvalue weighted by Gasteiger charge is 2.11. The zero-order valence-corrected chi connectivity index (χ0v) is 14.5. The highest BCUT2D eigenvalue weighted by molar-refractivity contribution is 14.1. The standard InChI is InChI=1S/C14H16BrIN2/c1-8(2)6-9-7-12(17-3)13-11(16)5-4-10(15)14(13)18-9/h4-5,7-8H,6H2,1-3H3,(H,17,18). The van der Waals surface area contributed by atoms with Crippen LogP contribution in [0, 0.1) is 9.49 Å². The second kappa shape index (κ2) is 5.74. The minimum Gasteiger partial charge on any atom is -0.387 e. The van der Waals surface area contributed by atoms with Gasteiger partial charge in [-0.25, -0.2) is 0 Å². The van der Waals surface area contributed by atoms with Crippen molar-refractivity contribution in [3.05, 3.63) is 31.9 Å². The van der Waals surface area contributed by atoms with Crippen LogP contribution in [0.15, 0.2) is 22.7 Å². The van der Waals surface area contributed by atoms with Crippen molar-refractivity contribution >= 4 is 55.1 Å². The summed E-state index contributed by atoms with van der Waals surface area (Å²) in [5.74, 6) is 0.612. The number of halogens is 2. The fraction of sp³-hybridized carbons (Fsp3) is 0.357. The molecule has 18 heavy (non-hydrogen) atoms. The maximum atomic E-state index is 4.79. The second-order valence-corrected chi connectivity index (χ2v) is 6.78. The molecule has 0 radical (unpaired) electrons. The van der Waals surface area contributed by atoms with E-state index in [2.05, 4.69) is 75.9 Å². The third kappa shape index (κ3) is 2.79. The van der Waals surface area contributed by atoms with Crippen molar-refractivity contribution in [3.63, 3.8) is 0 Å². The van der Waals surface area contributed by atoms with Crippen LogP contribution in [0.3, 0.4) is 0 Å². The minimum atomic E-state index is 0.612. The maximum absolute atomic E-state index is 4.79. The van der Waals surface area contributed by atoms with Gasteiger partial charge in [-0.3, -0.25) is 4.98 Å². The summed E-state index contributed by atoms with van der Waals surface area (Å²) in [5, 5.41) is 4.48. The summed E-state index contributed by atoms with van der Waals surface area (Å²) in [5.41, 5.74) is 3.34. The topological polar surface area (TPSA) is 24.9 Å². The zero-order valence-electron chi connectivity index (χ0n) is 10.7. The molecule has 2 rings (SSSR count). The molecule has 1 N–H and O–H groups in total. The van der Waals surface area contributed by atoms with Gasteiger partial charge in [0.1, 0.15) is 0 Å². The molecule has 0 saturated heterocycles. The normalized spacial score (nSPS) is 11.2. The lowest BCUT2D eigenvalue weighted by Crippen LogP contribution is -2.01. The smallest absolute Gasteiger partial charge is 0.0878 e. The van der Waals surface area contributed by atoms with Gasteiger partial charge in [0.2, 0.25) is 0 Å². The van der Waals surface area contributed by atoms with E-state index in [-0.39, 0.29) is 0 Å². The Morgan fingerprint density at radius 2 is 2.11 bits per heavy atom. The van der Waals surface area contributed by atoms with Gasteiger partial charge in [0.15, 0.2) is 0 Å². The van der Waals surface area contributed by atoms with Crippen LogP contribution in [0.5, 0.6) is 0 Å². The molecular weight excluding hydrogens is 403 g/mol. The Bertz CT molecular complexity index is 582. The molecule has 1 aromatic carbocycles. The van der Waals surface area contributed by atoms with Crippen LogP contribution in [0.2, 0.25) is 0 Å². The van der Waals surface area contributed by atoms with E-state index >= 15 is 0 Å². The molecule has 2 aromatic rings. The van der Waals surface area contributed by atoms with Gasteiger partial charge in [0.05, 0.1) is 5.52 Å². The van der Waals surface area contributed by atoms with Crippen LogP contribution in [0.4, 0.5) is 5.69 Å². The Morgan fingerprint density at radius 1 is 1.39 bits per heavy atom. The first-order chi connectivity index (χ1) is 8.52. The van der Waals surface area contributed by atoms with Crippen molar-refractivity contribution in [2.24, 2.45) is 5.92 Å². The van der Waals surface area contributed by atoms with Crippen molar-refractivity contribution in [1.29, 1.82) is 0 Å². The number of aromatic nitrogens is 1. The lowest BCUT2D eigenvalue weighted by Gasteiger charge is -2.13. The van der Waals surface area contributed by atoms with Gasteiger partial charge < -0.3 is 5.32 Å². The lowest BCUT2D eigenvalue weighted by atomic mass is 10.1. The van der Waals surface area contributed by atoms with E-state index in [4.69, 9.17) is 4.98 Å². The molecule has 0 aliphatic carbocycles. The number of benzene rings is 1. The lowest BCUT2D eigenvalue weighted by molar-refractivity contribution is 0.637. The fourth-order valence-electron chi connectivity index (χ4n) is 2.04. The van der Waals surface area contributed by atoms with E-state index in [0.717, 1.165) is 27.8 Å². The van der Waals surface area contributed by atoms with Crippen LogP contribution in [-0.4, -0.2) is 12.0 Å². The molecule has 1 aromatic heterocycles. The molecule has 96 valence electrons. The number of fused-ring (bicyclic) bond motifs is 1. The van der Waals surface area contributed by atoms with Crippen LogP contribution >= 0.6 is 38.5 Å². The third-order valence-corrected chi connectivity index (χ3v) is 4.34. The van der Waals surface area contributed by atoms with E-state index in [1.54, 1.807) is 0 Å². The molecule has 0 bridgehead atoms. The summed E-state index contributed by atoms with van der Waals surface area (Å²) < 4.78 is 2.28. The van der Waals surface area contributed by atoms with Gasteiger partial charge in [-0.15, -0.1) is 0 Å². The summed E-state index contributed by atoms with van der Waals surface area (Å²) >= 11 is 5.96.